The zero-order chi connectivity index (χ0) is 17.1. The van der Waals surface area contributed by atoms with Crippen LogP contribution in [0.25, 0.3) is 0 Å². The molecule has 0 aliphatic heterocycles. The fourth-order valence-corrected chi connectivity index (χ4v) is 3.99. The SMILES string of the molecule is Cc1nn(C(C)C)c(C)c1C(C)NC1CCC(OC(C)C)CC1. The van der Waals surface area contributed by atoms with E-state index in [4.69, 9.17) is 9.84 Å². The lowest BCUT2D eigenvalue weighted by molar-refractivity contribution is -0.0166. The normalized spacial score (nSPS) is 23.7. The summed E-state index contributed by atoms with van der Waals surface area (Å²) in [5.41, 5.74) is 3.83. The summed E-state index contributed by atoms with van der Waals surface area (Å²) in [7, 11) is 0. The molecule has 1 N–H and O–H groups in total. The molecule has 1 aromatic rings. The van der Waals surface area contributed by atoms with Gasteiger partial charge < -0.3 is 10.1 Å². The molecule has 1 fully saturated rings. The Kier molecular flexibility index (Phi) is 6.26. The van der Waals surface area contributed by atoms with Gasteiger partial charge in [0.15, 0.2) is 0 Å². The Balaban J connectivity index is 1.94. The van der Waals surface area contributed by atoms with Gasteiger partial charge in [-0.1, -0.05) is 0 Å². The predicted molar refractivity (Wildman–Crippen MR) is 95.9 cm³/mol. The van der Waals surface area contributed by atoms with Crippen molar-refractivity contribution >= 4 is 0 Å². The average molecular weight is 322 g/mol. The fourth-order valence-electron chi connectivity index (χ4n) is 3.99. The number of nitrogens with zero attached hydrogens (tertiary/aromatic N) is 2. The summed E-state index contributed by atoms with van der Waals surface area (Å²) in [5, 5.41) is 8.56. The van der Waals surface area contributed by atoms with Crippen molar-refractivity contribution in [1.82, 2.24) is 15.1 Å². The molecule has 1 aliphatic rings. The number of rotatable bonds is 6. The summed E-state index contributed by atoms with van der Waals surface area (Å²) in [5.74, 6) is 0. The highest BCUT2D eigenvalue weighted by atomic mass is 16.5. The van der Waals surface area contributed by atoms with Crippen molar-refractivity contribution in [3.63, 3.8) is 0 Å². The highest BCUT2D eigenvalue weighted by Crippen LogP contribution is 2.27. The van der Waals surface area contributed by atoms with Crippen LogP contribution in [0.4, 0.5) is 0 Å². The second kappa shape index (κ2) is 7.80. The molecule has 1 aliphatic carbocycles. The summed E-state index contributed by atoms with van der Waals surface area (Å²) >= 11 is 0. The zero-order valence-electron chi connectivity index (χ0n) is 16.0. The molecule has 0 bridgehead atoms. The minimum atomic E-state index is 0.343. The molecule has 1 unspecified atom stereocenters. The first-order chi connectivity index (χ1) is 10.8. The van der Waals surface area contributed by atoms with Gasteiger partial charge in [-0.25, -0.2) is 0 Å². The maximum Gasteiger partial charge on any atom is 0.0644 e. The Hall–Kier alpha value is -0.870. The summed E-state index contributed by atoms with van der Waals surface area (Å²) in [6, 6.07) is 1.37. The van der Waals surface area contributed by atoms with E-state index in [1.54, 1.807) is 0 Å². The van der Waals surface area contributed by atoms with Crippen molar-refractivity contribution in [2.24, 2.45) is 0 Å². The summed E-state index contributed by atoms with van der Waals surface area (Å²) in [6.45, 7) is 15.2. The van der Waals surface area contributed by atoms with Gasteiger partial charge in [0.25, 0.3) is 0 Å². The largest absolute Gasteiger partial charge is 0.376 e. The lowest BCUT2D eigenvalue weighted by Gasteiger charge is -2.32. The van der Waals surface area contributed by atoms with Crippen molar-refractivity contribution in [3.8, 4) is 0 Å². The maximum absolute atomic E-state index is 5.96. The molecule has 1 atom stereocenters. The van der Waals surface area contributed by atoms with Crippen LogP contribution in [0.2, 0.25) is 0 Å². The third-order valence-electron chi connectivity index (χ3n) is 4.93. The van der Waals surface area contributed by atoms with Crippen LogP contribution >= 0.6 is 0 Å². The van der Waals surface area contributed by atoms with Gasteiger partial charge in [0.1, 0.15) is 0 Å². The van der Waals surface area contributed by atoms with Crippen LogP contribution in [0.15, 0.2) is 0 Å². The van der Waals surface area contributed by atoms with Gasteiger partial charge in [0.2, 0.25) is 0 Å². The molecular weight excluding hydrogens is 286 g/mol. The van der Waals surface area contributed by atoms with Gasteiger partial charge in [0, 0.05) is 29.4 Å². The molecule has 132 valence electrons. The van der Waals surface area contributed by atoms with E-state index in [0.717, 1.165) is 5.69 Å². The van der Waals surface area contributed by atoms with Gasteiger partial charge in [-0.3, -0.25) is 4.68 Å². The number of hydrogen-bond acceptors (Lipinski definition) is 3. The second-order valence-corrected chi connectivity index (χ2v) is 7.67. The molecule has 23 heavy (non-hydrogen) atoms. The van der Waals surface area contributed by atoms with E-state index in [9.17, 15) is 0 Å². The third kappa shape index (κ3) is 4.57. The van der Waals surface area contributed by atoms with E-state index in [1.165, 1.54) is 36.9 Å². The van der Waals surface area contributed by atoms with Gasteiger partial charge in [-0.15, -0.1) is 0 Å². The molecule has 4 nitrogen and oxygen atoms in total. The van der Waals surface area contributed by atoms with Gasteiger partial charge >= 0.3 is 0 Å². The van der Waals surface area contributed by atoms with E-state index in [-0.39, 0.29) is 0 Å². The third-order valence-corrected chi connectivity index (χ3v) is 4.93. The molecule has 1 heterocycles. The van der Waals surface area contributed by atoms with Crippen LogP contribution in [0, 0.1) is 13.8 Å². The highest BCUT2D eigenvalue weighted by molar-refractivity contribution is 5.28. The van der Waals surface area contributed by atoms with E-state index in [2.05, 4.69) is 58.5 Å². The Morgan fingerprint density at radius 2 is 1.65 bits per heavy atom. The monoisotopic (exact) mass is 321 g/mol. The standard InChI is InChI=1S/C19H35N3O/c1-12(2)22-16(7)19(15(6)21-22)14(5)20-17-8-10-18(11-9-17)23-13(3)4/h12-14,17-18,20H,8-11H2,1-7H3. The number of hydrogen-bond donors (Lipinski definition) is 1. The van der Waals surface area contributed by atoms with Gasteiger partial charge in [0.05, 0.1) is 17.9 Å². The lowest BCUT2D eigenvalue weighted by Crippen LogP contribution is -2.37. The molecule has 1 aromatic heterocycles. The number of ether oxygens (including phenoxy) is 1. The minimum absolute atomic E-state index is 0.343. The Morgan fingerprint density at radius 3 is 2.13 bits per heavy atom. The highest BCUT2D eigenvalue weighted by Gasteiger charge is 2.25. The summed E-state index contributed by atoms with van der Waals surface area (Å²) in [4.78, 5) is 0. The Labute approximate surface area is 142 Å². The second-order valence-electron chi connectivity index (χ2n) is 7.67. The molecule has 0 amide bonds. The molecule has 0 aromatic carbocycles. The molecule has 2 rings (SSSR count). The summed E-state index contributed by atoms with van der Waals surface area (Å²) < 4.78 is 8.10. The van der Waals surface area contributed by atoms with Crippen LogP contribution in [0.5, 0.6) is 0 Å². The van der Waals surface area contributed by atoms with Crippen LogP contribution in [0.1, 0.15) is 89.3 Å². The molecule has 0 spiro atoms. The van der Waals surface area contributed by atoms with Crippen molar-refractivity contribution in [2.45, 2.75) is 104 Å². The van der Waals surface area contributed by atoms with E-state index in [1.807, 2.05) is 0 Å². The van der Waals surface area contributed by atoms with Crippen molar-refractivity contribution in [3.05, 3.63) is 17.0 Å². The number of aryl methyl sites for hydroxylation is 1. The van der Waals surface area contributed by atoms with Gasteiger partial charge in [-0.05, 0) is 74.1 Å². The lowest BCUT2D eigenvalue weighted by atomic mass is 9.91. The van der Waals surface area contributed by atoms with Crippen LogP contribution in [-0.4, -0.2) is 28.0 Å². The number of aromatic nitrogens is 2. The predicted octanol–water partition coefficient (Wildman–Crippen LogP) is 4.47. The Bertz CT molecular complexity index is 499. The van der Waals surface area contributed by atoms with Crippen LogP contribution < -0.4 is 5.32 Å². The maximum atomic E-state index is 5.96. The van der Waals surface area contributed by atoms with Crippen LogP contribution in [0.3, 0.4) is 0 Å². The smallest absolute Gasteiger partial charge is 0.0644 e. The molecular formula is C19H35N3O. The summed E-state index contributed by atoms with van der Waals surface area (Å²) in [6.07, 6.45) is 5.56. The van der Waals surface area contributed by atoms with Crippen molar-refractivity contribution < 1.29 is 4.74 Å². The Morgan fingerprint density at radius 1 is 1.04 bits per heavy atom. The van der Waals surface area contributed by atoms with E-state index in [0.29, 0.717) is 30.3 Å². The first-order valence-corrected chi connectivity index (χ1v) is 9.26. The quantitative estimate of drug-likeness (QED) is 0.840. The topological polar surface area (TPSA) is 39.1 Å². The fraction of sp³-hybridized carbons (Fsp3) is 0.842. The van der Waals surface area contributed by atoms with Crippen molar-refractivity contribution in [2.75, 3.05) is 0 Å². The van der Waals surface area contributed by atoms with Gasteiger partial charge in [-0.2, -0.15) is 5.10 Å². The van der Waals surface area contributed by atoms with Crippen molar-refractivity contribution in [1.29, 1.82) is 0 Å². The average Bonchev–Trinajstić information content (AvgIpc) is 2.76. The zero-order valence-corrected chi connectivity index (χ0v) is 16.0. The first kappa shape index (κ1) is 18.5. The minimum Gasteiger partial charge on any atom is -0.376 e. The first-order valence-electron chi connectivity index (χ1n) is 9.26. The molecule has 1 saturated carbocycles. The molecule has 0 radical (unpaired) electrons. The van der Waals surface area contributed by atoms with E-state index < -0.39 is 0 Å². The van der Waals surface area contributed by atoms with Crippen LogP contribution in [-0.2, 0) is 4.74 Å². The molecule has 4 heteroatoms. The molecule has 0 saturated heterocycles. The number of nitrogens with one attached hydrogen (secondary N) is 1. The van der Waals surface area contributed by atoms with E-state index >= 15 is 0 Å².